The molecule has 0 radical (unpaired) electrons. The minimum Gasteiger partial charge on any atom is -0.302 e. The molecule has 1 aromatic carbocycles. The Morgan fingerprint density at radius 2 is 1.88 bits per heavy atom. The van der Waals surface area contributed by atoms with Gasteiger partial charge in [-0.25, -0.2) is 0 Å². The maximum atomic E-state index is 11.1. The molecule has 0 aliphatic carbocycles. The van der Waals surface area contributed by atoms with Crippen LogP contribution < -0.4 is 0 Å². The summed E-state index contributed by atoms with van der Waals surface area (Å²) >= 11 is 0. The highest BCUT2D eigenvalue weighted by Crippen LogP contribution is 2.25. The van der Waals surface area contributed by atoms with Gasteiger partial charge in [0.05, 0.1) is 0 Å². The van der Waals surface area contributed by atoms with Crippen molar-refractivity contribution in [1.29, 1.82) is 0 Å². The van der Waals surface area contributed by atoms with Crippen molar-refractivity contribution >= 4 is 5.78 Å². The van der Waals surface area contributed by atoms with Gasteiger partial charge in [0.2, 0.25) is 0 Å². The summed E-state index contributed by atoms with van der Waals surface area (Å²) < 4.78 is 0. The third-order valence-electron chi connectivity index (χ3n) is 3.31. The quantitative estimate of drug-likeness (QED) is 0.778. The van der Waals surface area contributed by atoms with E-state index in [2.05, 4.69) is 51.0 Å². The molecule has 0 saturated heterocycles. The van der Waals surface area contributed by atoms with Gasteiger partial charge in [-0.15, -0.1) is 0 Å². The van der Waals surface area contributed by atoms with Crippen LogP contribution in [0.2, 0.25) is 0 Å². The van der Waals surface area contributed by atoms with Crippen molar-refractivity contribution in [3.63, 3.8) is 0 Å². The highest BCUT2D eigenvalue weighted by atomic mass is 16.1. The second-order valence-electron chi connectivity index (χ2n) is 5.06. The van der Waals surface area contributed by atoms with E-state index < -0.39 is 0 Å². The maximum absolute atomic E-state index is 11.1. The molecule has 0 saturated carbocycles. The minimum atomic E-state index is 0.265. The van der Waals surface area contributed by atoms with E-state index in [4.69, 9.17) is 0 Å². The van der Waals surface area contributed by atoms with Crippen LogP contribution in [0, 0.1) is 13.8 Å². The lowest BCUT2D eigenvalue weighted by atomic mass is 9.96. The van der Waals surface area contributed by atoms with E-state index in [-0.39, 0.29) is 5.78 Å². The molecule has 0 aliphatic rings. The largest absolute Gasteiger partial charge is 0.302 e. The lowest BCUT2D eigenvalue weighted by Gasteiger charge is -2.25. The van der Waals surface area contributed by atoms with Crippen molar-refractivity contribution < 1.29 is 4.79 Å². The second-order valence-corrected chi connectivity index (χ2v) is 5.06. The monoisotopic (exact) mass is 233 g/mol. The third kappa shape index (κ3) is 3.97. The predicted molar refractivity (Wildman–Crippen MR) is 72.3 cm³/mol. The molecule has 1 atom stereocenters. The molecule has 2 heteroatoms. The first-order valence-electron chi connectivity index (χ1n) is 6.15. The lowest BCUT2D eigenvalue weighted by Crippen LogP contribution is -2.20. The predicted octanol–water partition coefficient (Wildman–Crippen LogP) is 3.28. The Labute approximate surface area is 105 Å². The first-order valence-corrected chi connectivity index (χ1v) is 6.15. The van der Waals surface area contributed by atoms with E-state index in [1.54, 1.807) is 6.92 Å². The fourth-order valence-electron chi connectivity index (χ4n) is 2.03. The standard InChI is InChI=1S/C15H23NO/c1-11-6-8-14(10-12(11)2)15(16(4)5)9-7-13(3)17/h6,8,10,15H,7,9H2,1-5H3. The molecule has 0 aliphatic heterocycles. The van der Waals surface area contributed by atoms with E-state index in [9.17, 15) is 4.79 Å². The van der Waals surface area contributed by atoms with Crippen molar-refractivity contribution in [2.24, 2.45) is 0 Å². The summed E-state index contributed by atoms with van der Waals surface area (Å²) in [5, 5.41) is 0. The number of Topliss-reactive ketones (excluding diaryl/α,β-unsaturated/α-hetero) is 1. The molecular formula is C15H23NO. The number of benzene rings is 1. The van der Waals surface area contributed by atoms with Crippen LogP contribution in [0.15, 0.2) is 18.2 Å². The fraction of sp³-hybridized carbons (Fsp3) is 0.533. The first kappa shape index (κ1) is 13.9. The Bertz CT molecular complexity index is 396. The van der Waals surface area contributed by atoms with E-state index in [0.29, 0.717) is 12.5 Å². The SMILES string of the molecule is CC(=O)CCC(c1ccc(C)c(C)c1)N(C)C. The number of carbonyl (C=O) groups excluding carboxylic acids is 1. The van der Waals surface area contributed by atoms with Gasteiger partial charge in [-0.3, -0.25) is 0 Å². The number of ketones is 1. The number of aryl methyl sites for hydroxylation is 2. The van der Waals surface area contributed by atoms with Crippen molar-refractivity contribution in [3.8, 4) is 0 Å². The van der Waals surface area contributed by atoms with Crippen LogP contribution in [0.25, 0.3) is 0 Å². The molecule has 94 valence electrons. The second kappa shape index (κ2) is 5.97. The molecule has 2 nitrogen and oxygen atoms in total. The van der Waals surface area contributed by atoms with Crippen LogP contribution in [0.5, 0.6) is 0 Å². The summed E-state index contributed by atoms with van der Waals surface area (Å²) in [6.07, 6.45) is 1.54. The molecule has 17 heavy (non-hydrogen) atoms. The van der Waals surface area contributed by atoms with Crippen LogP contribution in [0.4, 0.5) is 0 Å². The van der Waals surface area contributed by atoms with Gasteiger partial charge in [0.15, 0.2) is 0 Å². The summed E-state index contributed by atoms with van der Waals surface area (Å²) in [6, 6.07) is 6.90. The maximum Gasteiger partial charge on any atom is 0.129 e. The molecule has 1 unspecified atom stereocenters. The van der Waals surface area contributed by atoms with Gasteiger partial charge < -0.3 is 9.69 Å². The zero-order chi connectivity index (χ0) is 13.0. The molecule has 0 spiro atoms. The highest BCUT2D eigenvalue weighted by Gasteiger charge is 2.15. The van der Waals surface area contributed by atoms with Gasteiger partial charge in [0.1, 0.15) is 5.78 Å². The number of carbonyl (C=O) groups is 1. The van der Waals surface area contributed by atoms with Gasteiger partial charge >= 0.3 is 0 Å². The number of hydrogen-bond donors (Lipinski definition) is 0. The van der Waals surface area contributed by atoms with E-state index in [0.717, 1.165) is 6.42 Å². The highest BCUT2D eigenvalue weighted by molar-refractivity contribution is 5.75. The van der Waals surface area contributed by atoms with E-state index in [1.807, 2.05) is 0 Å². The minimum absolute atomic E-state index is 0.265. The molecule has 0 heterocycles. The summed E-state index contributed by atoms with van der Waals surface area (Å²) in [5.74, 6) is 0.265. The Morgan fingerprint density at radius 3 is 2.35 bits per heavy atom. The molecule has 1 aromatic rings. The van der Waals surface area contributed by atoms with Crippen LogP contribution in [0.3, 0.4) is 0 Å². The average molecular weight is 233 g/mol. The van der Waals surface area contributed by atoms with Gasteiger partial charge in [-0.05, 0) is 58.0 Å². The zero-order valence-corrected chi connectivity index (χ0v) is 11.6. The fourth-order valence-corrected chi connectivity index (χ4v) is 2.03. The summed E-state index contributed by atoms with van der Waals surface area (Å²) in [4.78, 5) is 13.3. The Kier molecular flexibility index (Phi) is 4.88. The number of hydrogen-bond acceptors (Lipinski definition) is 2. The molecule has 0 amide bonds. The average Bonchev–Trinajstić information content (AvgIpc) is 2.22. The van der Waals surface area contributed by atoms with Crippen molar-refractivity contribution in [1.82, 2.24) is 4.90 Å². The molecule has 0 bridgehead atoms. The molecular weight excluding hydrogens is 210 g/mol. The molecule has 0 fully saturated rings. The van der Waals surface area contributed by atoms with Gasteiger partial charge in [-0.2, -0.15) is 0 Å². The van der Waals surface area contributed by atoms with Crippen molar-refractivity contribution in [2.45, 2.75) is 39.7 Å². The van der Waals surface area contributed by atoms with Crippen molar-refractivity contribution in [2.75, 3.05) is 14.1 Å². The Hall–Kier alpha value is -1.15. The first-order chi connectivity index (χ1) is 7.91. The summed E-state index contributed by atoms with van der Waals surface area (Å²) in [6.45, 7) is 5.92. The van der Waals surface area contributed by atoms with Crippen LogP contribution in [-0.2, 0) is 4.79 Å². The van der Waals surface area contributed by atoms with Gasteiger partial charge in [0.25, 0.3) is 0 Å². The van der Waals surface area contributed by atoms with E-state index >= 15 is 0 Å². The Morgan fingerprint density at radius 1 is 1.24 bits per heavy atom. The van der Waals surface area contributed by atoms with Gasteiger partial charge in [-0.1, -0.05) is 18.2 Å². The number of rotatable bonds is 5. The van der Waals surface area contributed by atoms with Crippen LogP contribution in [0.1, 0.15) is 42.5 Å². The van der Waals surface area contributed by atoms with Crippen molar-refractivity contribution in [3.05, 3.63) is 34.9 Å². The normalized spacial score (nSPS) is 12.8. The summed E-state index contributed by atoms with van der Waals surface area (Å²) in [5.41, 5.74) is 3.94. The lowest BCUT2D eigenvalue weighted by molar-refractivity contribution is -0.117. The third-order valence-corrected chi connectivity index (χ3v) is 3.31. The zero-order valence-electron chi connectivity index (χ0n) is 11.6. The molecule has 0 aromatic heterocycles. The smallest absolute Gasteiger partial charge is 0.129 e. The van der Waals surface area contributed by atoms with Crippen LogP contribution >= 0.6 is 0 Å². The topological polar surface area (TPSA) is 20.3 Å². The van der Waals surface area contributed by atoms with Crippen LogP contribution in [-0.4, -0.2) is 24.8 Å². The number of nitrogens with zero attached hydrogens (tertiary/aromatic N) is 1. The van der Waals surface area contributed by atoms with Gasteiger partial charge in [0, 0.05) is 12.5 Å². The summed E-state index contributed by atoms with van der Waals surface area (Å²) in [7, 11) is 4.14. The molecule has 1 rings (SSSR count). The molecule has 0 N–H and O–H groups in total. The Balaban J connectivity index is 2.89. The van der Waals surface area contributed by atoms with E-state index in [1.165, 1.54) is 16.7 Å².